The summed E-state index contributed by atoms with van der Waals surface area (Å²) in [5.74, 6) is -0.727. The van der Waals surface area contributed by atoms with E-state index < -0.39 is 22.7 Å². The van der Waals surface area contributed by atoms with Crippen molar-refractivity contribution < 1.29 is 22.8 Å². The Kier molecular flexibility index (Phi) is 5.15. The molecule has 0 heterocycles. The second-order valence-electron chi connectivity index (χ2n) is 6.34. The van der Waals surface area contributed by atoms with E-state index >= 15 is 0 Å². The van der Waals surface area contributed by atoms with Crippen LogP contribution in [0, 0.1) is 5.92 Å². The van der Waals surface area contributed by atoms with Gasteiger partial charge in [-0.3, -0.25) is 9.59 Å². The van der Waals surface area contributed by atoms with Crippen LogP contribution in [0.3, 0.4) is 0 Å². The quantitative estimate of drug-likeness (QED) is 0.792. The summed E-state index contributed by atoms with van der Waals surface area (Å²) in [7, 11) is 1.58. The fourth-order valence-corrected chi connectivity index (χ4v) is 2.92. The van der Waals surface area contributed by atoms with Crippen LogP contribution in [-0.4, -0.2) is 18.9 Å². The maximum absolute atomic E-state index is 13.0. The summed E-state index contributed by atoms with van der Waals surface area (Å²) < 4.78 is 39.0. The summed E-state index contributed by atoms with van der Waals surface area (Å²) >= 11 is 5.59. The van der Waals surface area contributed by atoms with Gasteiger partial charge < -0.3 is 10.2 Å². The van der Waals surface area contributed by atoms with Gasteiger partial charge in [0, 0.05) is 18.7 Å². The molecule has 0 spiro atoms. The van der Waals surface area contributed by atoms with Crippen molar-refractivity contribution in [3.63, 3.8) is 0 Å². The molecular weight excluding hydrogens is 381 g/mol. The van der Waals surface area contributed by atoms with Gasteiger partial charge in [-0.25, -0.2) is 0 Å². The molecule has 0 aromatic heterocycles. The summed E-state index contributed by atoms with van der Waals surface area (Å²) in [4.78, 5) is 26.3. The Balaban J connectivity index is 1.86. The van der Waals surface area contributed by atoms with Crippen LogP contribution in [0.5, 0.6) is 0 Å². The molecule has 0 saturated heterocycles. The van der Waals surface area contributed by atoms with Crippen molar-refractivity contribution in [1.29, 1.82) is 0 Å². The van der Waals surface area contributed by atoms with Crippen LogP contribution in [-0.2, 0) is 11.0 Å². The zero-order valence-corrected chi connectivity index (χ0v) is 15.1. The number of halogens is 4. The van der Waals surface area contributed by atoms with Gasteiger partial charge in [-0.15, -0.1) is 0 Å². The molecule has 4 nitrogen and oxygen atoms in total. The van der Waals surface area contributed by atoms with Gasteiger partial charge in [0.25, 0.3) is 5.91 Å². The van der Waals surface area contributed by atoms with Crippen LogP contribution >= 0.6 is 11.6 Å². The van der Waals surface area contributed by atoms with E-state index in [4.69, 9.17) is 11.6 Å². The highest BCUT2D eigenvalue weighted by atomic mass is 35.5. The number of hydrogen-bond donors (Lipinski definition) is 1. The third-order valence-electron chi connectivity index (χ3n) is 4.30. The molecule has 0 radical (unpaired) electrons. The molecular formula is C19H16ClF3N2O2. The van der Waals surface area contributed by atoms with Crippen molar-refractivity contribution in [2.45, 2.75) is 19.0 Å². The van der Waals surface area contributed by atoms with Gasteiger partial charge in [0.2, 0.25) is 5.91 Å². The fourth-order valence-electron chi connectivity index (χ4n) is 2.70. The van der Waals surface area contributed by atoms with Gasteiger partial charge in [0.1, 0.15) is 0 Å². The molecule has 1 aliphatic carbocycles. The van der Waals surface area contributed by atoms with Gasteiger partial charge in [-0.1, -0.05) is 23.7 Å². The fraction of sp³-hybridized carbons (Fsp3) is 0.263. The van der Waals surface area contributed by atoms with Crippen molar-refractivity contribution in [3.05, 3.63) is 58.6 Å². The van der Waals surface area contributed by atoms with Crippen molar-refractivity contribution in [2.75, 3.05) is 17.3 Å². The molecule has 1 fully saturated rings. The summed E-state index contributed by atoms with van der Waals surface area (Å²) in [6.07, 6.45) is -2.99. The van der Waals surface area contributed by atoms with E-state index in [2.05, 4.69) is 5.32 Å². The predicted octanol–water partition coefficient (Wildman–Crippen LogP) is 4.98. The molecule has 27 heavy (non-hydrogen) atoms. The zero-order chi connectivity index (χ0) is 19.8. The monoisotopic (exact) mass is 396 g/mol. The van der Waals surface area contributed by atoms with Crippen LogP contribution in [0.2, 0.25) is 5.02 Å². The first kappa shape index (κ1) is 19.2. The third-order valence-corrected chi connectivity index (χ3v) is 4.63. The average Bonchev–Trinajstić information content (AvgIpc) is 3.46. The predicted molar refractivity (Wildman–Crippen MR) is 97.0 cm³/mol. The molecule has 1 saturated carbocycles. The first-order valence-corrected chi connectivity index (χ1v) is 8.61. The summed E-state index contributed by atoms with van der Waals surface area (Å²) in [5, 5.41) is 1.99. The van der Waals surface area contributed by atoms with Gasteiger partial charge in [0.15, 0.2) is 0 Å². The standard InChI is InChI=1S/C19H16ClF3N2O2/c1-25(18(27)11-6-7-11)16-5-3-2-4-13(16)17(26)24-12-8-9-15(20)14(10-12)19(21,22)23/h2-5,8-11H,6-7H2,1H3,(H,24,26). The lowest BCUT2D eigenvalue weighted by molar-refractivity contribution is -0.137. The lowest BCUT2D eigenvalue weighted by atomic mass is 10.1. The average molecular weight is 397 g/mol. The number of nitrogens with zero attached hydrogens (tertiary/aromatic N) is 1. The Hall–Kier alpha value is -2.54. The number of alkyl halides is 3. The molecule has 0 atom stereocenters. The Morgan fingerprint density at radius 2 is 1.81 bits per heavy atom. The van der Waals surface area contributed by atoms with Crippen molar-refractivity contribution in [3.8, 4) is 0 Å². The number of carbonyl (C=O) groups is 2. The van der Waals surface area contributed by atoms with E-state index in [0.717, 1.165) is 25.0 Å². The van der Waals surface area contributed by atoms with Crippen LogP contribution in [0.15, 0.2) is 42.5 Å². The Morgan fingerprint density at radius 1 is 1.15 bits per heavy atom. The molecule has 1 N–H and O–H groups in total. The highest BCUT2D eigenvalue weighted by Gasteiger charge is 2.34. The molecule has 2 aromatic rings. The lowest BCUT2D eigenvalue weighted by Crippen LogP contribution is -2.30. The Labute approximate surface area is 158 Å². The number of para-hydroxylation sites is 1. The largest absolute Gasteiger partial charge is 0.417 e. The lowest BCUT2D eigenvalue weighted by Gasteiger charge is -2.20. The van der Waals surface area contributed by atoms with E-state index in [-0.39, 0.29) is 23.1 Å². The van der Waals surface area contributed by atoms with Gasteiger partial charge in [0.05, 0.1) is 21.8 Å². The van der Waals surface area contributed by atoms with E-state index in [1.165, 1.54) is 17.0 Å². The first-order valence-electron chi connectivity index (χ1n) is 8.23. The molecule has 2 aromatic carbocycles. The highest BCUT2D eigenvalue weighted by molar-refractivity contribution is 6.31. The number of anilines is 2. The molecule has 0 unspecified atom stereocenters. The number of amides is 2. The Morgan fingerprint density at radius 3 is 2.44 bits per heavy atom. The van der Waals surface area contributed by atoms with Gasteiger partial charge in [-0.05, 0) is 43.2 Å². The molecule has 142 valence electrons. The number of hydrogen-bond acceptors (Lipinski definition) is 2. The maximum atomic E-state index is 13.0. The van der Waals surface area contributed by atoms with Crippen LogP contribution in [0.25, 0.3) is 0 Å². The van der Waals surface area contributed by atoms with Crippen LogP contribution < -0.4 is 10.2 Å². The SMILES string of the molecule is CN(C(=O)C1CC1)c1ccccc1C(=O)Nc1ccc(Cl)c(C(F)(F)F)c1. The smallest absolute Gasteiger partial charge is 0.322 e. The number of rotatable bonds is 4. The highest BCUT2D eigenvalue weighted by Crippen LogP contribution is 2.36. The van der Waals surface area contributed by atoms with E-state index in [1.807, 2.05) is 0 Å². The molecule has 2 amide bonds. The van der Waals surface area contributed by atoms with E-state index in [9.17, 15) is 22.8 Å². The topological polar surface area (TPSA) is 49.4 Å². The molecule has 3 rings (SSSR count). The van der Waals surface area contributed by atoms with Crippen molar-refractivity contribution in [2.24, 2.45) is 5.92 Å². The van der Waals surface area contributed by atoms with Gasteiger partial charge in [-0.2, -0.15) is 13.2 Å². The first-order chi connectivity index (χ1) is 12.7. The zero-order valence-electron chi connectivity index (χ0n) is 14.3. The maximum Gasteiger partial charge on any atom is 0.417 e. The molecule has 1 aliphatic rings. The number of carbonyl (C=O) groups excluding carboxylic acids is 2. The molecule has 8 heteroatoms. The second kappa shape index (κ2) is 7.23. The Bertz CT molecular complexity index is 895. The van der Waals surface area contributed by atoms with Crippen molar-refractivity contribution >= 4 is 34.8 Å². The molecule has 0 aliphatic heterocycles. The van der Waals surface area contributed by atoms with Crippen molar-refractivity contribution in [1.82, 2.24) is 0 Å². The summed E-state index contributed by atoms with van der Waals surface area (Å²) in [6.45, 7) is 0. The summed E-state index contributed by atoms with van der Waals surface area (Å²) in [6, 6.07) is 9.59. The third kappa shape index (κ3) is 4.24. The van der Waals surface area contributed by atoms with E-state index in [1.54, 1.807) is 25.2 Å². The normalized spacial score (nSPS) is 14.0. The van der Waals surface area contributed by atoms with E-state index in [0.29, 0.717) is 5.69 Å². The number of benzene rings is 2. The van der Waals surface area contributed by atoms with Crippen LogP contribution in [0.1, 0.15) is 28.8 Å². The van der Waals surface area contributed by atoms with Crippen LogP contribution in [0.4, 0.5) is 24.5 Å². The minimum absolute atomic E-state index is 0.0308. The number of nitrogens with one attached hydrogen (secondary N) is 1. The second-order valence-corrected chi connectivity index (χ2v) is 6.74. The molecule has 0 bridgehead atoms. The minimum atomic E-state index is -4.63. The van der Waals surface area contributed by atoms with Gasteiger partial charge >= 0.3 is 6.18 Å². The summed E-state index contributed by atoms with van der Waals surface area (Å²) in [5.41, 5.74) is -0.478. The minimum Gasteiger partial charge on any atom is -0.322 e.